The van der Waals surface area contributed by atoms with E-state index >= 15 is 0 Å². The first kappa shape index (κ1) is 20.2. The number of hydroxylamine groups is 1. The van der Waals surface area contributed by atoms with Gasteiger partial charge in [-0.15, -0.1) is 11.3 Å². The zero-order valence-electron chi connectivity index (χ0n) is 16.1. The Bertz CT molecular complexity index is 808. The molecule has 1 atom stereocenters. The van der Waals surface area contributed by atoms with Crippen LogP contribution in [0.4, 0.5) is 4.79 Å². The van der Waals surface area contributed by atoms with Crippen LogP contribution in [0.25, 0.3) is 11.3 Å². The summed E-state index contributed by atoms with van der Waals surface area (Å²) in [5, 5.41) is 5.75. The molecule has 1 fully saturated rings. The van der Waals surface area contributed by atoms with E-state index < -0.39 is 0 Å². The van der Waals surface area contributed by atoms with Gasteiger partial charge in [0.2, 0.25) is 5.91 Å². The molecule has 1 aliphatic rings. The first-order valence-corrected chi connectivity index (χ1v) is 10.3. The Hall–Kier alpha value is -2.52. The predicted molar refractivity (Wildman–Crippen MR) is 106 cm³/mol. The van der Waals surface area contributed by atoms with Gasteiger partial charge >= 0.3 is 6.03 Å². The van der Waals surface area contributed by atoms with Gasteiger partial charge in [0.15, 0.2) is 0 Å². The van der Waals surface area contributed by atoms with Crippen molar-refractivity contribution < 1.29 is 14.4 Å². The lowest BCUT2D eigenvalue weighted by Gasteiger charge is -2.31. The number of piperidine rings is 1. The summed E-state index contributed by atoms with van der Waals surface area (Å²) >= 11 is 1.51. The SMILES string of the molecule is CCONC(=O)N1CCC[C@H](C(=O)NCc2nc(-c3ccc(C)nc3)cs2)C1. The third-order valence-electron chi connectivity index (χ3n) is 4.56. The molecule has 8 nitrogen and oxygen atoms in total. The van der Waals surface area contributed by atoms with Crippen LogP contribution in [0.3, 0.4) is 0 Å². The van der Waals surface area contributed by atoms with Gasteiger partial charge in [0.05, 0.1) is 24.8 Å². The minimum absolute atomic E-state index is 0.0531. The van der Waals surface area contributed by atoms with Gasteiger partial charge in [0.1, 0.15) is 5.01 Å². The number of amides is 3. The van der Waals surface area contributed by atoms with Gasteiger partial charge in [-0.1, -0.05) is 0 Å². The highest BCUT2D eigenvalue weighted by molar-refractivity contribution is 7.09. The lowest BCUT2D eigenvalue weighted by atomic mass is 9.97. The first-order chi connectivity index (χ1) is 13.6. The van der Waals surface area contributed by atoms with Crippen LogP contribution in [-0.4, -0.2) is 46.5 Å². The van der Waals surface area contributed by atoms with Crippen LogP contribution < -0.4 is 10.8 Å². The van der Waals surface area contributed by atoms with Crippen LogP contribution in [0.15, 0.2) is 23.7 Å². The van der Waals surface area contributed by atoms with E-state index in [1.54, 1.807) is 18.0 Å². The molecule has 9 heteroatoms. The van der Waals surface area contributed by atoms with Crippen molar-refractivity contribution in [3.8, 4) is 11.3 Å². The number of aryl methyl sites for hydroxylation is 1. The van der Waals surface area contributed by atoms with Gasteiger partial charge in [-0.2, -0.15) is 0 Å². The van der Waals surface area contributed by atoms with Crippen molar-refractivity contribution in [2.75, 3.05) is 19.7 Å². The van der Waals surface area contributed by atoms with Crippen LogP contribution >= 0.6 is 11.3 Å². The van der Waals surface area contributed by atoms with Crippen LogP contribution in [0.5, 0.6) is 0 Å². The van der Waals surface area contributed by atoms with Gasteiger partial charge in [-0.25, -0.2) is 15.3 Å². The normalized spacial score (nSPS) is 16.6. The second kappa shape index (κ2) is 9.61. The molecule has 0 bridgehead atoms. The zero-order chi connectivity index (χ0) is 19.9. The van der Waals surface area contributed by atoms with E-state index in [0.717, 1.165) is 34.8 Å². The van der Waals surface area contributed by atoms with Crippen LogP contribution in [0.1, 0.15) is 30.5 Å². The molecular weight excluding hydrogens is 378 g/mol. The Morgan fingerprint density at radius 1 is 1.39 bits per heavy atom. The number of hydrogen-bond donors (Lipinski definition) is 2. The number of nitrogens with one attached hydrogen (secondary N) is 2. The van der Waals surface area contributed by atoms with Crippen molar-refractivity contribution in [3.05, 3.63) is 34.4 Å². The maximum absolute atomic E-state index is 12.5. The monoisotopic (exact) mass is 403 g/mol. The Morgan fingerprint density at radius 2 is 2.25 bits per heavy atom. The highest BCUT2D eigenvalue weighted by Gasteiger charge is 2.28. The van der Waals surface area contributed by atoms with Crippen molar-refractivity contribution in [1.82, 2.24) is 25.7 Å². The summed E-state index contributed by atoms with van der Waals surface area (Å²) in [6.07, 6.45) is 3.36. The Labute approximate surface area is 168 Å². The second-order valence-corrected chi connectivity index (χ2v) is 7.60. The molecule has 2 aromatic heterocycles. The van der Waals surface area contributed by atoms with Crippen molar-refractivity contribution in [2.45, 2.75) is 33.2 Å². The van der Waals surface area contributed by atoms with E-state index in [2.05, 4.69) is 20.8 Å². The summed E-state index contributed by atoms with van der Waals surface area (Å²) in [5.74, 6) is -0.274. The van der Waals surface area contributed by atoms with Gasteiger partial charge in [0.25, 0.3) is 0 Å². The standard InChI is InChI=1S/C19H25N5O3S/c1-3-27-23-19(26)24-8-4-5-15(11-24)18(25)21-10-17-22-16(12-28-17)14-7-6-13(2)20-9-14/h6-7,9,12,15H,3-5,8,10-11H2,1-2H3,(H,21,25)(H,23,26)/t15-/m0/s1. The minimum Gasteiger partial charge on any atom is -0.349 e. The van der Waals surface area contributed by atoms with Crippen LogP contribution in [0, 0.1) is 12.8 Å². The summed E-state index contributed by atoms with van der Waals surface area (Å²) in [6.45, 7) is 5.54. The average Bonchev–Trinajstić information content (AvgIpc) is 3.20. The fraction of sp³-hybridized carbons (Fsp3) is 0.474. The van der Waals surface area contributed by atoms with E-state index in [0.29, 0.717) is 26.2 Å². The van der Waals surface area contributed by atoms with E-state index in [-0.39, 0.29) is 17.9 Å². The van der Waals surface area contributed by atoms with E-state index in [1.165, 1.54) is 11.3 Å². The summed E-state index contributed by atoms with van der Waals surface area (Å²) in [4.78, 5) is 40.0. The number of nitrogens with zero attached hydrogens (tertiary/aromatic N) is 3. The maximum Gasteiger partial charge on any atom is 0.341 e. The number of aromatic nitrogens is 2. The highest BCUT2D eigenvalue weighted by Crippen LogP contribution is 2.22. The summed E-state index contributed by atoms with van der Waals surface area (Å²) in [6, 6.07) is 3.65. The lowest BCUT2D eigenvalue weighted by molar-refractivity contribution is -0.126. The van der Waals surface area contributed by atoms with E-state index in [9.17, 15) is 9.59 Å². The van der Waals surface area contributed by atoms with Crippen LogP contribution in [0.2, 0.25) is 0 Å². The number of hydrogen-bond acceptors (Lipinski definition) is 6. The smallest absolute Gasteiger partial charge is 0.341 e. The second-order valence-electron chi connectivity index (χ2n) is 6.66. The molecule has 2 aromatic rings. The molecule has 1 aliphatic heterocycles. The number of rotatable bonds is 6. The highest BCUT2D eigenvalue weighted by atomic mass is 32.1. The van der Waals surface area contributed by atoms with Crippen molar-refractivity contribution >= 4 is 23.3 Å². The molecule has 0 spiro atoms. The summed E-state index contributed by atoms with van der Waals surface area (Å²) < 4.78 is 0. The fourth-order valence-electron chi connectivity index (χ4n) is 3.03. The molecule has 150 valence electrons. The molecule has 0 aliphatic carbocycles. The minimum atomic E-state index is -0.296. The molecule has 3 heterocycles. The number of carbonyl (C=O) groups is 2. The largest absolute Gasteiger partial charge is 0.349 e. The Morgan fingerprint density at radius 3 is 3.00 bits per heavy atom. The fourth-order valence-corrected chi connectivity index (χ4v) is 3.77. The summed E-state index contributed by atoms with van der Waals surface area (Å²) in [5.41, 5.74) is 5.16. The predicted octanol–water partition coefficient (Wildman–Crippen LogP) is 2.50. The number of carbonyl (C=O) groups excluding carboxylic acids is 2. The molecule has 3 rings (SSSR count). The first-order valence-electron chi connectivity index (χ1n) is 9.38. The third kappa shape index (κ3) is 5.26. The van der Waals surface area contributed by atoms with Gasteiger partial charge in [-0.3, -0.25) is 14.6 Å². The molecule has 0 aromatic carbocycles. The lowest BCUT2D eigenvalue weighted by Crippen LogP contribution is -2.48. The molecule has 0 unspecified atom stereocenters. The molecule has 28 heavy (non-hydrogen) atoms. The molecule has 1 saturated heterocycles. The number of pyridine rings is 1. The number of thiazole rings is 1. The van der Waals surface area contributed by atoms with Crippen molar-refractivity contribution in [2.24, 2.45) is 5.92 Å². The van der Waals surface area contributed by atoms with Gasteiger partial charge < -0.3 is 10.2 Å². The van der Waals surface area contributed by atoms with Crippen molar-refractivity contribution in [3.63, 3.8) is 0 Å². The summed E-state index contributed by atoms with van der Waals surface area (Å²) in [7, 11) is 0. The molecule has 0 radical (unpaired) electrons. The van der Waals surface area contributed by atoms with E-state index in [4.69, 9.17) is 4.84 Å². The molecule has 2 N–H and O–H groups in total. The van der Waals surface area contributed by atoms with Gasteiger partial charge in [-0.05, 0) is 38.8 Å². The molecule has 3 amide bonds. The van der Waals surface area contributed by atoms with Crippen molar-refractivity contribution in [1.29, 1.82) is 0 Å². The quantitative estimate of drug-likeness (QED) is 0.723. The van der Waals surface area contributed by atoms with E-state index in [1.807, 2.05) is 24.4 Å². The number of urea groups is 1. The van der Waals surface area contributed by atoms with Crippen LogP contribution in [-0.2, 0) is 16.2 Å². The van der Waals surface area contributed by atoms with Gasteiger partial charge in [0, 0.05) is 35.9 Å². The third-order valence-corrected chi connectivity index (χ3v) is 5.40. The maximum atomic E-state index is 12.5. The zero-order valence-corrected chi connectivity index (χ0v) is 16.9. The Balaban J connectivity index is 1.51. The topological polar surface area (TPSA) is 96.5 Å². The average molecular weight is 404 g/mol. The number of likely N-dealkylation sites (tertiary alicyclic amines) is 1. The molecule has 0 saturated carbocycles. The Kier molecular flexibility index (Phi) is 6.94. The molecular formula is C19H25N5O3S.